The Morgan fingerprint density at radius 1 is 1.29 bits per heavy atom. The molecule has 0 unspecified atom stereocenters. The van der Waals surface area contributed by atoms with Gasteiger partial charge in [0.2, 0.25) is 5.88 Å². The molecule has 0 spiro atoms. The summed E-state index contributed by atoms with van der Waals surface area (Å²) in [6.45, 7) is 3.66. The Morgan fingerprint density at radius 2 is 2.05 bits per heavy atom. The van der Waals surface area contributed by atoms with Crippen molar-refractivity contribution in [3.63, 3.8) is 0 Å². The maximum Gasteiger partial charge on any atom is 0.227 e. The standard InChI is InChI=1S/C15H17FN4O/c1-8-3-6-11(16)12(7-8)21-15-9(2)13(20-17)18-14(19-15)10-4-5-10/h3,6-7,10H,4-5,17H2,1-2H3,(H,18,19,20). The highest BCUT2D eigenvalue weighted by atomic mass is 19.1. The second kappa shape index (κ2) is 5.29. The van der Waals surface area contributed by atoms with Crippen molar-refractivity contribution in [2.24, 2.45) is 5.84 Å². The molecule has 110 valence electrons. The molecular formula is C15H17FN4O. The van der Waals surface area contributed by atoms with E-state index in [1.165, 1.54) is 6.07 Å². The van der Waals surface area contributed by atoms with E-state index in [-0.39, 0.29) is 5.75 Å². The second-order valence-electron chi connectivity index (χ2n) is 5.32. The van der Waals surface area contributed by atoms with Crippen LogP contribution in [0.5, 0.6) is 11.6 Å². The van der Waals surface area contributed by atoms with Crippen LogP contribution >= 0.6 is 0 Å². The molecule has 0 radical (unpaired) electrons. The van der Waals surface area contributed by atoms with Gasteiger partial charge in [-0.05, 0) is 44.4 Å². The average molecular weight is 288 g/mol. The highest BCUT2D eigenvalue weighted by molar-refractivity contribution is 5.49. The normalized spacial score (nSPS) is 14.1. The van der Waals surface area contributed by atoms with Crippen molar-refractivity contribution in [2.45, 2.75) is 32.6 Å². The lowest BCUT2D eigenvalue weighted by molar-refractivity contribution is 0.421. The molecule has 1 aromatic carbocycles. The predicted molar refractivity (Wildman–Crippen MR) is 77.8 cm³/mol. The van der Waals surface area contributed by atoms with Gasteiger partial charge in [0.1, 0.15) is 5.82 Å². The van der Waals surface area contributed by atoms with E-state index in [0.29, 0.717) is 29.0 Å². The number of halogens is 1. The summed E-state index contributed by atoms with van der Waals surface area (Å²) in [5.74, 6) is 7.11. The minimum atomic E-state index is -0.422. The molecule has 1 heterocycles. The molecule has 0 amide bonds. The third-order valence-corrected chi connectivity index (χ3v) is 3.49. The highest BCUT2D eigenvalue weighted by Gasteiger charge is 2.28. The number of nitrogens with zero attached hydrogens (tertiary/aromatic N) is 2. The van der Waals surface area contributed by atoms with Crippen molar-refractivity contribution in [3.05, 3.63) is 41.0 Å². The summed E-state index contributed by atoms with van der Waals surface area (Å²) in [6.07, 6.45) is 2.12. The van der Waals surface area contributed by atoms with Crippen LogP contribution in [-0.4, -0.2) is 9.97 Å². The van der Waals surface area contributed by atoms with Gasteiger partial charge in [-0.1, -0.05) is 6.07 Å². The van der Waals surface area contributed by atoms with E-state index < -0.39 is 5.82 Å². The summed E-state index contributed by atoms with van der Waals surface area (Å²) < 4.78 is 19.5. The molecule has 2 aromatic rings. The van der Waals surface area contributed by atoms with Gasteiger partial charge in [0.25, 0.3) is 0 Å². The lowest BCUT2D eigenvalue weighted by Gasteiger charge is -2.13. The topological polar surface area (TPSA) is 73.1 Å². The van der Waals surface area contributed by atoms with E-state index in [4.69, 9.17) is 10.6 Å². The third-order valence-electron chi connectivity index (χ3n) is 3.49. The molecular weight excluding hydrogens is 271 g/mol. The number of anilines is 1. The minimum Gasteiger partial charge on any atom is -0.435 e. The molecule has 0 saturated heterocycles. The summed E-state index contributed by atoms with van der Waals surface area (Å²) in [5.41, 5.74) is 4.12. The van der Waals surface area contributed by atoms with Crippen molar-refractivity contribution in [1.82, 2.24) is 9.97 Å². The number of ether oxygens (including phenoxy) is 1. The molecule has 1 fully saturated rings. The van der Waals surface area contributed by atoms with Gasteiger partial charge in [0, 0.05) is 5.92 Å². The van der Waals surface area contributed by atoms with E-state index in [1.807, 2.05) is 6.92 Å². The predicted octanol–water partition coefficient (Wildman–Crippen LogP) is 3.19. The molecule has 3 N–H and O–H groups in total. The number of aromatic nitrogens is 2. The first-order valence-corrected chi connectivity index (χ1v) is 6.87. The number of benzene rings is 1. The Hall–Kier alpha value is -2.21. The summed E-state index contributed by atoms with van der Waals surface area (Å²) in [4.78, 5) is 8.79. The molecule has 1 aromatic heterocycles. The van der Waals surface area contributed by atoms with Crippen molar-refractivity contribution in [2.75, 3.05) is 5.43 Å². The Labute approximate surface area is 122 Å². The van der Waals surface area contributed by atoms with Gasteiger partial charge in [-0.3, -0.25) is 0 Å². The molecule has 0 aliphatic heterocycles. The number of hydrazine groups is 1. The average Bonchev–Trinajstić information content (AvgIpc) is 3.29. The van der Waals surface area contributed by atoms with Gasteiger partial charge in [0.05, 0.1) is 5.56 Å². The maximum absolute atomic E-state index is 13.8. The molecule has 0 bridgehead atoms. The molecule has 1 saturated carbocycles. The van der Waals surface area contributed by atoms with Gasteiger partial charge in [0.15, 0.2) is 17.4 Å². The Morgan fingerprint density at radius 3 is 2.71 bits per heavy atom. The molecule has 0 atom stereocenters. The monoisotopic (exact) mass is 288 g/mol. The summed E-state index contributed by atoms with van der Waals surface area (Å²) in [7, 11) is 0. The number of hydrogen-bond acceptors (Lipinski definition) is 5. The van der Waals surface area contributed by atoms with Gasteiger partial charge in [-0.2, -0.15) is 4.98 Å². The largest absolute Gasteiger partial charge is 0.435 e. The van der Waals surface area contributed by atoms with Crippen molar-refractivity contribution >= 4 is 5.82 Å². The first-order valence-electron chi connectivity index (χ1n) is 6.87. The zero-order chi connectivity index (χ0) is 15.0. The van der Waals surface area contributed by atoms with Crippen molar-refractivity contribution in [1.29, 1.82) is 0 Å². The molecule has 1 aliphatic rings. The zero-order valence-electron chi connectivity index (χ0n) is 12.0. The number of aryl methyl sites for hydroxylation is 1. The molecule has 6 heteroatoms. The fraction of sp³-hybridized carbons (Fsp3) is 0.333. The molecule has 5 nitrogen and oxygen atoms in total. The van der Waals surface area contributed by atoms with Crippen LogP contribution < -0.4 is 16.0 Å². The van der Waals surface area contributed by atoms with E-state index >= 15 is 0 Å². The second-order valence-corrected chi connectivity index (χ2v) is 5.32. The van der Waals surface area contributed by atoms with Gasteiger partial charge in [-0.25, -0.2) is 15.2 Å². The van der Waals surface area contributed by atoms with Crippen molar-refractivity contribution in [3.8, 4) is 11.6 Å². The smallest absolute Gasteiger partial charge is 0.227 e. The van der Waals surface area contributed by atoms with Gasteiger partial charge >= 0.3 is 0 Å². The van der Waals surface area contributed by atoms with Crippen molar-refractivity contribution < 1.29 is 9.13 Å². The SMILES string of the molecule is Cc1ccc(F)c(Oc2nc(C3CC3)nc(NN)c2C)c1. The minimum absolute atomic E-state index is 0.154. The lowest BCUT2D eigenvalue weighted by Crippen LogP contribution is -2.13. The molecule has 3 rings (SSSR count). The molecule has 1 aliphatic carbocycles. The maximum atomic E-state index is 13.8. The Balaban J connectivity index is 2.00. The fourth-order valence-corrected chi connectivity index (χ4v) is 2.07. The van der Waals surface area contributed by atoms with E-state index in [2.05, 4.69) is 15.4 Å². The fourth-order valence-electron chi connectivity index (χ4n) is 2.07. The summed E-state index contributed by atoms with van der Waals surface area (Å²) in [6, 6.07) is 4.71. The van der Waals surface area contributed by atoms with Crippen LogP contribution in [0.15, 0.2) is 18.2 Å². The summed E-state index contributed by atoms with van der Waals surface area (Å²) >= 11 is 0. The van der Waals surface area contributed by atoms with E-state index in [1.54, 1.807) is 19.1 Å². The van der Waals surface area contributed by atoms with Crippen LogP contribution in [0, 0.1) is 19.7 Å². The highest BCUT2D eigenvalue weighted by Crippen LogP contribution is 2.40. The van der Waals surface area contributed by atoms with Gasteiger partial charge in [-0.15, -0.1) is 0 Å². The quantitative estimate of drug-likeness (QED) is 0.667. The first kappa shape index (κ1) is 13.8. The van der Waals surface area contributed by atoms with Crippen LogP contribution in [0.3, 0.4) is 0 Å². The lowest BCUT2D eigenvalue weighted by atomic mass is 10.2. The van der Waals surface area contributed by atoms with Crippen LogP contribution in [0.4, 0.5) is 10.2 Å². The Kier molecular flexibility index (Phi) is 3.47. The van der Waals surface area contributed by atoms with Crippen LogP contribution in [0.25, 0.3) is 0 Å². The van der Waals surface area contributed by atoms with Gasteiger partial charge < -0.3 is 10.2 Å². The summed E-state index contributed by atoms with van der Waals surface area (Å²) in [5, 5.41) is 0. The van der Waals surface area contributed by atoms with Crippen LogP contribution in [0.1, 0.15) is 35.7 Å². The molecule has 21 heavy (non-hydrogen) atoms. The number of hydrogen-bond donors (Lipinski definition) is 2. The van der Waals surface area contributed by atoms with Crippen LogP contribution in [0.2, 0.25) is 0 Å². The number of rotatable bonds is 4. The number of nitrogens with one attached hydrogen (secondary N) is 1. The number of nitrogen functional groups attached to an aromatic ring is 1. The third kappa shape index (κ3) is 2.80. The zero-order valence-corrected chi connectivity index (χ0v) is 12.0. The number of nitrogens with two attached hydrogens (primary N) is 1. The van der Waals surface area contributed by atoms with Crippen LogP contribution in [-0.2, 0) is 0 Å². The first-order chi connectivity index (χ1) is 10.1. The van der Waals surface area contributed by atoms with E-state index in [0.717, 1.165) is 18.4 Å². The Bertz CT molecular complexity index is 686. The van der Waals surface area contributed by atoms with E-state index in [9.17, 15) is 4.39 Å².